The van der Waals surface area contributed by atoms with E-state index in [0.29, 0.717) is 14.9 Å². The molecule has 3 rings (SSSR count). The Kier molecular flexibility index (Phi) is 5.62. The van der Waals surface area contributed by atoms with Crippen LogP contribution < -0.4 is 5.32 Å². The normalized spacial score (nSPS) is 15.5. The fraction of sp³-hybridized carbons (Fsp3) is 0.150. The highest BCUT2D eigenvalue weighted by Gasteiger charge is 2.33. The highest BCUT2D eigenvalue weighted by Crippen LogP contribution is 2.32. The molecule has 0 bridgehead atoms. The summed E-state index contributed by atoms with van der Waals surface area (Å²) in [6, 6.07) is 12.7. The first-order chi connectivity index (χ1) is 12.8. The molecule has 0 aliphatic carbocycles. The third kappa shape index (κ3) is 4.56. The molecule has 0 spiro atoms. The predicted molar refractivity (Wildman–Crippen MR) is 113 cm³/mol. The fourth-order valence-corrected chi connectivity index (χ4v) is 3.79. The van der Waals surface area contributed by atoms with Crippen LogP contribution in [0.1, 0.15) is 16.7 Å². The number of benzene rings is 2. The van der Waals surface area contributed by atoms with Crippen molar-refractivity contribution in [2.75, 3.05) is 11.9 Å². The maximum atomic E-state index is 12.6. The Labute approximate surface area is 167 Å². The average Bonchev–Trinajstić information content (AvgIpc) is 2.87. The average molecular weight is 399 g/mol. The maximum absolute atomic E-state index is 12.6. The Morgan fingerprint density at radius 1 is 1.19 bits per heavy atom. The molecule has 2 N–H and O–H groups in total. The van der Waals surface area contributed by atoms with E-state index in [9.17, 15) is 14.7 Å². The van der Waals surface area contributed by atoms with Gasteiger partial charge in [0.25, 0.3) is 5.91 Å². The SMILES string of the molecule is Cc1ccc(/C=C2\SC(=S)N(CC(=O)Nc3cc(C)ccc3O)C2=O)cc1. The van der Waals surface area contributed by atoms with Gasteiger partial charge in [-0.15, -0.1) is 0 Å². The van der Waals surface area contributed by atoms with Gasteiger partial charge in [0.1, 0.15) is 16.6 Å². The molecule has 0 aromatic heterocycles. The number of carbonyl (C=O) groups excluding carboxylic acids is 2. The topological polar surface area (TPSA) is 69.6 Å². The Balaban J connectivity index is 1.71. The van der Waals surface area contributed by atoms with E-state index in [0.717, 1.165) is 16.7 Å². The molecular weight excluding hydrogens is 380 g/mol. The van der Waals surface area contributed by atoms with Crippen LogP contribution in [0.25, 0.3) is 6.08 Å². The Bertz CT molecular complexity index is 952. The van der Waals surface area contributed by atoms with Crippen molar-refractivity contribution in [1.82, 2.24) is 4.90 Å². The van der Waals surface area contributed by atoms with E-state index < -0.39 is 5.91 Å². The van der Waals surface area contributed by atoms with E-state index in [1.807, 2.05) is 38.1 Å². The van der Waals surface area contributed by atoms with E-state index in [1.54, 1.807) is 18.2 Å². The number of thiocarbonyl (C=S) groups is 1. The number of aromatic hydroxyl groups is 1. The van der Waals surface area contributed by atoms with Gasteiger partial charge in [0.05, 0.1) is 10.6 Å². The number of thioether (sulfide) groups is 1. The smallest absolute Gasteiger partial charge is 0.266 e. The number of amides is 2. The van der Waals surface area contributed by atoms with Gasteiger partial charge in [-0.2, -0.15) is 0 Å². The maximum Gasteiger partial charge on any atom is 0.266 e. The monoisotopic (exact) mass is 398 g/mol. The number of anilines is 1. The van der Waals surface area contributed by atoms with Crippen molar-refractivity contribution in [1.29, 1.82) is 0 Å². The molecule has 5 nitrogen and oxygen atoms in total. The molecule has 1 saturated heterocycles. The van der Waals surface area contributed by atoms with Gasteiger partial charge < -0.3 is 10.4 Å². The minimum absolute atomic E-state index is 0.0291. The molecule has 7 heteroatoms. The summed E-state index contributed by atoms with van der Waals surface area (Å²) >= 11 is 6.43. The van der Waals surface area contributed by atoms with Gasteiger partial charge in [0.15, 0.2) is 0 Å². The summed E-state index contributed by atoms with van der Waals surface area (Å²) in [6.07, 6.45) is 1.77. The third-order valence-corrected chi connectivity index (χ3v) is 5.35. The van der Waals surface area contributed by atoms with Crippen molar-refractivity contribution in [2.45, 2.75) is 13.8 Å². The summed E-state index contributed by atoms with van der Waals surface area (Å²) in [4.78, 5) is 26.7. The first-order valence-corrected chi connectivity index (χ1v) is 9.47. The van der Waals surface area contributed by atoms with Crippen molar-refractivity contribution in [3.63, 3.8) is 0 Å². The molecule has 0 saturated carbocycles. The largest absolute Gasteiger partial charge is 0.506 e. The van der Waals surface area contributed by atoms with Gasteiger partial charge in [-0.1, -0.05) is 59.9 Å². The molecule has 2 aromatic carbocycles. The van der Waals surface area contributed by atoms with E-state index in [1.165, 1.54) is 22.7 Å². The van der Waals surface area contributed by atoms with E-state index >= 15 is 0 Å². The van der Waals surface area contributed by atoms with E-state index in [4.69, 9.17) is 12.2 Å². The van der Waals surface area contributed by atoms with Crippen molar-refractivity contribution in [2.24, 2.45) is 0 Å². The standard InChI is InChI=1S/C20H18N2O3S2/c1-12-3-6-14(7-4-12)10-17-19(25)22(20(26)27-17)11-18(24)21-15-9-13(2)5-8-16(15)23/h3-10,23H,11H2,1-2H3,(H,21,24)/b17-10-. The van der Waals surface area contributed by atoms with Gasteiger partial charge in [0, 0.05) is 0 Å². The number of nitrogens with one attached hydrogen (secondary N) is 1. The van der Waals surface area contributed by atoms with E-state index in [-0.39, 0.29) is 18.2 Å². The summed E-state index contributed by atoms with van der Waals surface area (Å²) in [7, 11) is 0. The van der Waals surface area contributed by atoms with Crippen LogP contribution in [0.3, 0.4) is 0 Å². The summed E-state index contributed by atoms with van der Waals surface area (Å²) in [5, 5.41) is 12.5. The Morgan fingerprint density at radius 3 is 2.56 bits per heavy atom. The first kappa shape index (κ1) is 19.1. The number of phenolic OH excluding ortho intramolecular Hbond substituents is 1. The molecule has 0 atom stereocenters. The second-order valence-corrected chi connectivity index (χ2v) is 7.92. The predicted octanol–water partition coefficient (Wildman–Crippen LogP) is 3.85. The number of nitrogens with zero attached hydrogens (tertiary/aromatic N) is 1. The van der Waals surface area contributed by atoms with Gasteiger partial charge in [-0.3, -0.25) is 14.5 Å². The molecule has 1 aliphatic heterocycles. The van der Waals surface area contributed by atoms with Crippen molar-refractivity contribution in [3.8, 4) is 5.75 Å². The molecule has 1 aliphatic rings. The van der Waals surface area contributed by atoms with E-state index in [2.05, 4.69) is 5.32 Å². The summed E-state index contributed by atoms with van der Waals surface area (Å²) in [5.41, 5.74) is 3.24. The van der Waals surface area contributed by atoms with Crippen LogP contribution in [0.2, 0.25) is 0 Å². The number of hydrogen-bond donors (Lipinski definition) is 2. The van der Waals surface area contributed by atoms with Crippen LogP contribution in [0.15, 0.2) is 47.4 Å². The van der Waals surface area contributed by atoms with Crippen LogP contribution in [-0.2, 0) is 9.59 Å². The van der Waals surface area contributed by atoms with Crippen LogP contribution in [0.4, 0.5) is 5.69 Å². The molecule has 1 fully saturated rings. The quantitative estimate of drug-likeness (QED) is 0.465. The molecule has 138 valence electrons. The van der Waals surface area contributed by atoms with Gasteiger partial charge in [0.2, 0.25) is 5.91 Å². The lowest BCUT2D eigenvalue weighted by Crippen LogP contribution is -2.36. The molecule has 1 heterocycles. The van der Waals surface area contributed by atoms with Crippen molar-refractivity contribution < 1.29 is 14.7 Å². The number of phenols is 1. The second-order valence-electron chi connectivity index (χ2n) is 6.25. The second kappa shape index (κ2) is 7.94. The molecule has 2 aromatic rings. The first-order valence-electron chi connectivity index (χ1n) is 8.25. The Morgan fingerprint density at radius 2 is 1.85 bits per heavy atom. The minimum atomic E-state index is -0.427. The molecule has 0 radical (unpaired) electrons. The Hall–Kier alpha value is -2.64. The zero-order chi connectivity index (χ0) is 19.6. The number of hydrogen-bond acceptors (Lipinski definition) is 5. The van der Waals surface area contributed by atoms with Gasteiger partial charge in [-0.25, -0.2) is 0 Å². The van der Waals surface area contributed by atoms with Crippen LogP contribution in [-0.4, -0.2) is 32.7 Å². The van der Waals surface area contributed by atoms with Crippen LogP contribution in [0, 0.1) is 13.8 Å². The van der Waals surface area contributed by atoms with Crippen molar-refractivity contribution in [3.05, 3.63) is 64.1 Å². The zero-order valence-electron chi connectivity index (χ0n) is 14.9. The minimum Gasteiger partial charge on any atom is -0.506 e. The van der Waals surface area contributed by atoms with Crippen LogP contribution in [0.5, 0.6) is 5.75 Å². The van der Waals surface area contributed by atoms with Crippen molar-refractivity contribution >= 4 is 51.9 Å². The molecule has 27 heavy (non-hydrogen) atoms. The van der Waals surface area contributed by atoms with Gasteiger partial charge >= 0.3 is 0 Å². The number of aryl methyl sites for hydroxylation is 2. The molecular formula is C20H18N2O3S2. The van der Waals surface area contributed by atoms with Crippen LogP contribution >= 0.6 is 24.0 Å². The molecule has 0 unspecified atom stereocenters. The summed E-state index contributed by atoms with van der Waals surface area (Å²) in [6.45, 7) is 3.64. The highest BCUT2D eigenvalue weighted by molar-refractivity contribution is 8.26. The lowest BCUT2D eigenvalue weighted by molar-refractivity contribution is -0.126. The highest BCUT2D eigenvalue weighted by atomic mass is 32.2. The zero-order valence-corrected chi connectivity index (χ0v) is 16.5. The van der Waals surface area contributed by atoms with Gasteiger partial charge in [-0.05, 0) is 43.2 Å². The summed E-state index contributed by atoms with van der Waals surface area (Å²) < 4.78 is 0.335. The molecule has 2 amide bonds. The number of rotatable bonds is 4. The number of carbonyl (C=O) groups is 2. The lowest BCUT2D eigenvalue weighted by Gasteiger charge is -2.15. The third-order valence-electron chi connectivity index (χ3n) is 3.98. The summed E-state index contributed by atoms with van der Waals surface area (Å²) in [5.74, 6) is -0.753. The fourth-order valence-electron chi connectivity index (χ4n) is 2.53. The lowest BCUT2D eigenvalue weighted by atomic mass is 10.1.